The summed E-state index contributed by atoms with van der Waals surface area (Å²) in [6, 6.07) is 0. The highest BCUT2D eigenvalue weighted by molar-refractivity contribution is 4.44. The predicted octanol–water partition coefficient (Wildman–Crippen LogP) is 1.82. The molecule has 0 aromatic carbocycles. The lowest BCUT2D eigenvalue weighted by Gasteiger charge is -2.08. The summed E-state index contributed by atoms with van der Waals surface area (Å²) >= 11 is 0. The normalized spacial score (nSPS) is 10.9. The van der Waals surface area contributed by atoms with Crippen LogP contribution in [-0.2, 0) is 33.2 Å². The largest absolute Gasteiger partial charge is 0.379 e. The Kier molecular flexibility index (Phi) is 24.1. The number of ether oxygens (including phenoxy) is 7. The number of hydrogen-bond acceptors (Lipinski definition) is 8. The average Bonchev–Trinajstić information content (AvgIpc) is 2.68. The Morgan fingerprint density at radius 2 is 0.815 bits per heavy atom. The quantitative estimate of drug-likeness (QED) is 0.113. The van der Waals surface area contributed by atoms with Gasteiger partial charge in [0.25, 0.3) is 0 Å². The topological polar surface area (TPSA) is 113 Å². The van der Waals surface area contributed by atoms with Crippen molar-refractivity contribution in [2.24, 2.45) is 5.11 Å². The molecule has 0 bridgehead atoms. The number of rotatable bonds is 23. The van der Waals surface area contributed by atoms with Gasteiger partial charge in [-0.15, -0.1) is 0 Å². The van der Waals surface area contributed by atoms with Gasteiger partial charge < -0.3 is 33.2 Å². The lowest BCUT2D eigenvalue weighted by Crippen LogP contribution is -2.14. The van der Waals surface area contributed by atoms with E-state index in [2.05, 4.69) is 16.9 Å². The Morgan fingerprint density at radius 1 is 0.519 bits per heavy atom. The van der Waals surface area contributed by atoms with Crippen LogP contribution in [0, 0.1) is 0 Å². The Bertz CT molecular complexity index is 332. The van der Waals surface area contributed by atoms with Gasteiger partial charge in [-0.05, 0) is 12.0 Å². The second-order valence-corrected chi connectivity index (χ2v) is 5.24. The van der Waals surface area contributed by atoms with E-state index in [4.69, 9.17) is 38.7 Å². The van der Waals surface area contributed by atoms with Crippen LogP contribution in [0.2, 0.25) is 0 Å². The van der Waals surface area contributed by atoms with E-state index in [9.17, 15) is 0 Å². The summed E-state index contributed by atoms with van der Waals surface area (Å²) in [7, 11) is 0. The van der Waals surface area contributed by atoms with Crippen molar-refractivity contribution < 1.29 is 33.2 Å². The number of azide groups is 1. The van der Waals surface area contributed by atoms with Crippen LogP contribution in [-0.4, -0.2) is 99.0 Å². The Morgan fingerprint density at radius 3 is 1.11 bits per heavy atom. The van der Waals surface area contributed by atoms with Crippen LogP contribution in [0.15, 0.2) is 5.11 Å². The van der Waals surface area contributed by atoms with Crippen molar-refractivity contribution in [1.29, 1.82) is 0 Å². The van der Waals surface area contributed by atoms with E-state index in [1.165, 1.54) is 0 Å². The van der Waals surface area contributed by atoms with Crippen LogP contribution in [0.1, 0.15) is 13.3 Å². The number of nitrogens with zero attached hydrogens (tertiary/aromatic N) is 3. The van der Waals surface area contributed by atoms with E-state index < -0.39 is 0 Å². The smallest absolute Gasteiger partial charge is 0.0701 e. The van der Waals surface area contributed by atoms with Gasteiger partial charge in [-0.25, -0.2) is 0 Å². The molecule has 0 aliphatic rings. The van der Waals surface area contributed by atoms with E-state index in [0.29, 0.717) is 92.4 Å². The highest BCUT2D eigenvalue weighted by Gasteiger charge is 1.94. The zero-order chi connectivity index (χ0) is 19.7. The van der Waals surface area contributed by atoms with Crippen molar-refractivity contribution in [3.8, 4) is 0 Å². The van der Waals surface area contributed by atoms with E-state index in [0.717, 1.165) is 13.0 Å². The highest BCUT2D eigenvalue weighted by Crippen LogP contribution is 1.86. The molecule has 0 fully saturated rings. The molecule has 10 nitrogen and oxygen atoms in total. The molecule has 0 rings (SSSR count). The van der Waals surface area contributed by atoms with Gasteiger partial charge in [0, 0.05) is 18.1 Å². The van der Waals surface area contributed by atoms with Crippen molar-refractivity contribution in [3.05, 3.63) is 10.4 Å². The SMILES string of the molecule is CCCOCCOCCOCCOCCOCCOCCOCCN=[N+]=[N-]. The molecule has 0 aliphatic heterocycles. The summed E-state index contributed by atoms with van der Waals surface area (Å²) in [5.41, 5.74) is 8.08. The van der Waals surface area contributed by atoms with E-state index >= 15 is 0 Å². The molecule has 160 valence electrons. The summed E-state index contributed by atoms with van der Waals surface area (Å²) < 4.78 is 37.3. The van der Waals surface area contributed by atoms with Crippen LogP contribution in [0.25, 0.3) is 10.4 Å². The second-order valence-electron chi connectivity index (χ2n) is 5.24. The van der Waals surface area contributed by atoms with Gasteiger partial charge in [-0.3, -0.25) is 0 Å². The molecule has 0 atom stereocenters. The summed E-state index contributed by atoms with van der Waals surface area (Å²) in [5.74, 6) is 0. The molecule has 0 saturated carbocycles. The monoisotopic (exact) mass is 393 g/mol. The zero-order valence-corrected chi connectivity index (χ0v) is 16.5. The van der Waals surface area contributed by atoms with Crippen LogP contribution in [0.4, 0.5) is 0 Å². The summed E-state index contributed by atoms with van der Waals surface area (Å²) in [5, 5.41) is 3.36. The van der Waals surface area contributed by atoms with E-state index in [-0.39, 0.29) is 0 Å². The first-order chi connectivity index (χ1) is 13.4. The fourth-order valence-electron chi connectivity index (χ4n) is 1.72. The van der Waals surface area contributed by atoms with Gasteiger partial charge in [-0.2, -0.15) is 0 Å². The molecule has 0 amide bonds. The Hall–Kier alpha value is -0.970. The van der Waals surface area contributed by atoms with Crippen LogP contribution in [0.3, 0.4) is 0 Å². The fraction of sp³-hybridized carbons (Fsp3) is 1.00. The molecule has 0 saturated heterocycles. The third-order valence-electron chi connectivity index (χ3n) is 2.98. The first kappa shape index (κ1) is 26.0. The minimum absolute atomic E-state index is 0.340. The Balaban J connectivity index is 2.98. The number of hydrogen-bond donors (Lipinski definition) is 0. The summed E-state index contributed by atoms with van der Waals surface area (Å²) in [6.45, 7) is 10.1. The van der Waals surface area contributed by atoms with Crippen molar-refractivity contribution in [3.63, 3.8) is 0 Å². The van der Waals surface area contributed by atoms with Crippen molar-refractivity contribution in [2.75, 3.05) is 99.0 Å². The van der Waals surface area contributed by atoms with Gasteiger partial charge in [0.2, 0.25) is 0 Å². The maximum Gasteiger partial charge on any atom is 0.0701 e. The molecule has 10 heteroatoms. The van der Waals surface area contributed by atoms with E-state index in [1.54, 1.807) is 0 Å². The first-order valence-electron chi connectivity index (χ1n) is 9.46. The Labute approximate surface area is 162 Å². The van der Waals surface area contributed by atoms with Gasteiger partial charge in [0.15, 0.2) is 0 Å². The molecule has 27 heavy (non-hydrogen) atoms. The molecule has 0 heterocycles. The lowest BCUT2D eigenvalue weighted by atomic mass is 10.5. The maximum atomic E-state index is 8.08. The first-order valence-corrected chi connectivity index (χ1v) is 9.46. The summed E-state index contributed by atoms with van der Waals surface area (Å²) in [4.78, 5) is 2.63. The minimum atomic E-state index is 0.340. The van der Waals surface area contributed by atoms with Crippen molar-refractivity contribution >= 4 is 0 Å². The molecular weight excluding hydrogens is 358 g/mol. The minimum Gasteiger partial charge on any atom is -0.379 e. The average molecular weight is 393 g/mol. The fourth-order valence-corrected chi connectivity index (χ4v) is 1.72. The van der Waals surface area contributed by atoms with Gasteiger partial charge >= 0.3 is 0 Å². The van der Waals surface area contributed by atoms with Gasteiger partial charge in [0.05, 0.1) is 85.9 Å². The third-order valence-corrected chi connectivity index (χ3v) is 2.98. The van der Waals surface area contributed by atoms with Crippen molar-refractivity contribution in [2.45, 2.75) is 13.3 Å². The molecule has 0 aromatic rings. The molecular formula is C17H35N3O7. The molecule has 0 N–H and O–H groups in total. The van der Waals surface area contributed by atoms with Crippen LogP contribution in [0.5, 0.6) is 0 Å². The summed E-state index contributed by atoms with van der Waals surface area (Å²) in [6.07, 6.45) is 1.03. The second kappa shape index (κ2) is 25.0. The predicted molar refractivity (Wildman–Crippen MR) is 100 cm³/mol. The van der Waals surface area contributed by atoms with Crippen LogP contribution >= 0.6 is 0 Å². The lowest BCUT2D eigenvalue weighted by molar-refractivity contribution is -0.0202. The molecule has 0 aliphatic carbocycles. The highest BCUT2D eigenvalue weighted by atomic mass is 16.6. The molecule has 0 unspecified atom stereocenters. The van der Waals surface area contributed by atoms with Gasteiger partial charge in [0.1, 0.15) is 0 Å². The van der Waals surface area contributed by atoms with Gasteiger partial charge in [-0.1, -0.05) is 12.0 Å². The molecule has 0 radical (unpaired) electrons. The standard InChI is InChI=1S/C17H35N3O7/c1-2-4-21-6-8-23-10-12-25-14-16-27-17-15-26-13-11-24-9-7-22-5-3-19-20-18/h2-17H2,1H3. The third kappa shape index (κ3) is 25.0. The maximum absolute atomic E-state index is 8.08. The molecule has 0 spiro atoms. The van der Waals surface area contributed by atoms with E-state index in [1.807, 2.05) is 0 Å². The zero-order valence-electron chi connectivity index (χ0n) is 16.5. The molecule has 0 aromatic heterocycles. The van der Waals surface area contributed by atoms with Crippen LogP contribution < -0.4 is 0 Å². The van der Waals surface area contributed by atoms with Crippen molar-refractivity contribution in [1.82, 2.24) is 0 Å².